The summed E-state index contributed by atoms with van der Waals surface area (Å²) in [4.78, 5) is 6.39. The van der Waals surface area contributed by atoms with Gasteiger partial charge in [-0.25, -0.2) is 4.98 Å². The van der Waals surface area contributed by atoms with Gasteiger partial charge in [-0.1, -0.05) is 31.0 Å². The number of thiophene rings is 1. The van der Waals surface area contributed by atoms with E-state index in [9.17, 15) is 0 Å². The maximum atomic E-state index is 6.29. The maximum absolute atomic E-state index is 6.29. The molecule has 2 nitrogen and oxygen atoms in total. The highest BCUT2D eigenvalue weighted by molar-refractivity contribution is 7.13. The van der Waals surface area contributed by atoms with Gasteiger partial charge in [-0.3, -0.25) is 0 Å². The number of rotatable bonds is 1. The quantitative estimate of drug-likeness (QED) is 0.404. The van der Waals surface area contributed by atoms with Gasteiger partial charge in [0.2, 0.25) is 0 Å². The molecule has 3 aromatic heterocycles. The molecule has 0 fully saturated rings. The molecular weight excluding hydrogens is 314 g/mol. The fraction of sp³-hybridized carbons (Fsp3) is 0.286. The van der Waals surface area contributed by atoms with Crippen LogP contribution in [0, 0.1) is 0 Å². The first-order chi connectivity index (χ1) is 11.9. The predicted molar refractivity (Wildman–Crippen MR) is 101 cm³/mol. The first-order valence-electron chi connectivity index (χ1n) is 8.79. The summed E-state index contributed by atoms with van der Waals surface area (Å²) < 4.78 is 6.29. The zero-order valence-corrected chi connectivity index (χ0v) is 14.4. The number of furan rings is 1. The first-order valence-corrected chi connectivity index (χ1v) is 9.66. The SMILES string of the molecule is c1csc(-c2c3c(nc4c2oc2ccccc24)CCCCCC3)c1. The molecule has 4 aromatic rings. The number of benzene rings is 1. The Morgan fingerprint density at radius 3 is 2.67 bits per heavy atom. The number of hydrogen-bond donors (Lipinski definition) is 0. The largest absolute Gasteiger partial charge is 0.454 e. The Morgan fingerprint density at radius 1 is 0.917 bits per heavy atom. The molecule has 24 heavy (non-hydrogen) atoms. The van der Waals surface area contributed by atoms with Crippen LogP contribution in [0.4, 0.5) is 0 Å². The molecule has 120 valence electrons. The van der Waals surface area contributed by atoms with E-state index in [4.69, 9.17) is 9.40 Å². The van der Waals surface area contributed by atoms with E-state index in [0.29, 0.717) is 0 Å². The number of aryl methyl sites for hydroxylation is 1. The third-order valence-corrected chi connectivity index (χ3v) is 5.94. The summed E-state index contributed by atoms with van der Waals surface area (Å²) in [6.45, 7) is 0. The minimum absolute atomic E-state index is 0.941. The lowest BCUT2D eigenvalue weighted by Crippen LogP contribution is -2.04. The van der Waals surface area contributed by atoms with E-state index < -0.39 is 0 Å². The van der Waals surface area contributed by atoms with Crippen molar-refractivity contribution in [1.29, 1.82) is 0 Å². The molecule has 1 aromatic carbocycles. The van der Waals surface area contributed by atoms with Crippen LogP contribution in [0.25, 0.3) is 32.5 Å². The van der Waals surface area contributed by atoms with Gasteiger partial charge in [0.05, 0.1) is 0 Å². The highest BCUT2D eigenvalue weighted by Crippen LogP contribution is 2.41. The summed E-state index contributed by atoms with van der Waals surface area (Å²) in [5, 5.41) is 3.29. The zero-order valence-electron chi connectivity index (χ0n) is 13.5. The summed E-state index contributed by atoms with van der Waals surface area (Å²) in [6, 6.07) is 12.6. The van der Waals surface area contributed by atoms with Crippen molar-refractivity contribution in [3.05, 3.63) is 53.0 Å². The van der Waals surface area contributed by atoms with Gasteiger partial charge in [-0.05, 0) is 54.8 Å². The fourth-order valence-corrected chi connectivity index (χ4v) is 4.70. The Morgan fingerprint density at radius 2 is 1.79 bits per heavy atom. The molecule has 3 heteroatoms. The summed E-state index contributed by atoms with van der Waals surface area (Å²) >= 11 is 1.80. The molecule has 0 spiro atoms. The molecule has 3 heterocycles. The molecule has 1 aliphatic carbocycles. The lowest BCUT2D eigenvalue weighted by atomic mass is 9.92. The highest BCUT2D eigenvalue weighted by Gasteiger charge is 2.22. The van der Waals surface area contributed by atoms with Gasteiger partial charge in [-0.15, -0.1) is 11.3 Å². The molecule has 0 unspecified atom stereocenters. The second-order valence-electron chi connectivity index (χ2n) is 6.58. The van der Waals surface area contributed by atoms with Crippen LogP contribution >= 0.6 is 11.3 Å². The molecule has 0 bridgehead atoms. The van der Waals surface area contributed by atoms with E-state index in [1.54, 1.807) is 11.3 Å². The molecule has 0 N–H and O–H groups in total. The fourth-order valence-electron chi connectivity index (χ4n) is 3.90. The van der Waals surface area contributed by atoms with Gasteiger partial charge in [0, 0.05) is 21.5 Å². The van der Waals surface area contributed by atoms with Crippen LogP contribution in [0.1, 0.15) is 36.9 Å². The van der Waals surface area contributed by atoms with E-state index >= 15 is 0 Å². The van der Waals surface area contributed by atoms with Crippen LogP contribution in [-0.2, 0) is 12.8 Å². The van der Waals surface area contributed by atoms with Crippen molar-refractivity contribution < 1.29 is 4.42 Å². The zero-order chi connectivity index (χ0) is 15.9. The number of nitrogens with zero attached hydrogens (tertiary/aromatic N) is 1. The third kappa shape index (κ3) is 2.19. The van der Waals surface area contributed by atoms with E-state index in [1.807, 2.05) is 12.1 Å². The smallest absolute Gasteiger partial charge is 0.162 e. The molecule has 0 atom stereocenters. The Kier molecular flexibility index (Phi) is 3.41. The lowest BCUT2D eigenvalue weighted by Gasteiger charge is -2.16. The number of fused-ring (bicyclic) bond motifs is 4. The van der Waals surface area contributed by atoms with E-state index in [2.05, 4.69) is 29.6 Å². The number of aromatic nitrogens is 1. The second kappa shape index (κ2) is 5.75. The van der Waals surface area contributed by atoms with Gasteiger partial charge in [-0.2, -0.15) is 0 Å². The van der Waals surface area contributed by atoms with Crippen molar-refractivity contribution in [2.24, 2.45) is 0 Å². The Balaban J connectivity index is 1.91. The molecule has 0 saturated carbocycles. The molecule has 0 amide bonds. The van der Waals surface area contributed by atoms with Crippen LogP contribution in [0.5, 0.6) is 0 Å². The van der Waals surface area contributed by atoms with Crippen molar-refractivity contribution in [2.45, 2.75) is 38.5 Å². The predicted octanol–water partition coefficient (Wildman–Crippen LogP) is 6.37. The summed E-state index contributed by atoms with van der Waals surface area (Å²) in [6.07, 6.45) is 7.33. The lowest BCUT2D eigenvalue weighted by molar-refractivity contribution is 0.608. The van der Waals surface area contributed by atoms with Crippen molar-refractivity contribution >= 4 is 33.4 Å². The summed E-state index contributed by atoms with van der Waals surface area (Å²) in [5.41, 5.74) is 6.95. The average Bonchev–Trinajstić information content (AvgIpc) is 3.22. The minimum Gasteiger partial charge on any atom is -0.454 e. The molecular formula is C21H19NOS. The number of pyridine rings is 1. The monoisotopic (exact) mass is 333 g/mol. The van der Waals surface area contributed by atoms with E-state index in [-0.39, 0.29) is 0 Å². The van der Waals surface area contributed by atoms with Crippen LogP contribution in [-0.4, -0.2) is 4.98 Å². The van der Waals surface area contributed by atoms with E-state index in [0.717, 1.165) is 34.9 Å². The van der Waals surface area contributed by atoms with Gasteiger partial charge < -0.3 is 4.42 Å². The van der Waals surface area contributed by atoms with Crippen LogP contribution in [0.15, 0.2) is 46.2 Å². The normalized spacial score (nSPS) is 15.3. The van der Waals surface area contributed by atoms with Gasteiger partial charge >= 0.3 is 0 Å². The third-order valence-electron chi connectivity index (χ3n) is 5.05. The molecule has 0 aliphatic heterocycles. The Hall–Kier alpha value is -2.13. The summed E-state index contributed by atoms with van der Waals surface area (Å²) in [7, 11) is 0. The first kappa shape index (κ1) is 14.2. The minimum atomic E-state index is 0.941. The molecule has 0 radical (unpaired) electrons. The Labute approximate surface area is 145 Å². The summed E-state index contributed by atoms with van der Waals surface area (Å²) in [5.74, 6) is 0. The number of para-hydroxylation sites is 1. The topological polar surface area (TPSA) is 26.0 Å². The van der Waals surface area contributed by atoms with Crippen LogP contribution in [0.2, 0.25) is 0 Å². The van der Waals surface area contributed by atoms with Gasteiger partial charge in [0.15, 0.2) is 5.58 Å². The van der Waals surface area contributed by atoms with Gasteiger partial charge in [0.25, 0.3) is 0 Å². The Bertz CT molecular complexity index is 1010. The van der Waals surface area contributed by atoms with E-state index in [1.165, 1.54) is 47.4 Å². The van der Waals surface area contributed by atoms with Crippen molar-refractivity contribution in [2.75, 3.05) is 0 Å². The molecule has 0 saturated heterocycles. The van der Waals surface area contributed by atoms with Crippen molar-refractivity contribution in [3.8, 4) is 10.4 Å². The standard InChI is InChI=1S/C21H19NOS/c1-2-4-10-16-14(8-3-1)19(18-12-7-13-24-18)21-20(22-16)15-9-5-6-11-17(15)23-21/h5-7,9,11-13H,1-4,8,10H2. The van der Waals surface area contributed by atoms with Crippen molar-refractivity contribution in [3.63, 3.8) is 0 Å². The molecule has 5 rings (SSSR count). The highest BCUT2D eigenvalue weighted by atomic mass is 32.1. The second-order valence-corrected chi connectivity index (χ2v) is 7.53. The van der Waals surface area contributed by atoms with Crippen LogP contribution < -0.4 is 0 Å². The average molecular weight is 333 g/mol. The number of hydrogen-bond acceptors (Lipinski definition) is 3. The van der Waals surface area contributed by atoms with Crippen LogP contribution in [0.3, 0.4) is 0 Å². The van der Waals surface area contributed by atoms with Gasteiger partial charge in [0.1, 0.15) is 11.1 Å². The maximum Gasteiger partial charge on any atom is 0.162 e. The van der Waals surface area contributed by atoms with Crippen molar-refractivity contribution in [1.82, 2.24) is 4.98 Å². The molecule has 1 aliphatic rings.